The predicted molar refractivity (Wildman–Crippen MR) is 60.3 cm³/mol. The summed E-state index contributed by atoms with van der Waals surface area (Å²) in [4.78, 5) is 0. The lowest BCUT2D eigenvalue weighted by molar-refractivity contribution is 0.492. The molecule has 0 bridgehead atoms. The normalized spacial score (nSPS) is 13.3. The molecule has 0 rings (SSSR count). The van der Waals surface area contributed by atoms with Gasteiger partial charge in [-0.2, -0.15) is 10.2 Å². The number of azo groups is 1. The summed E-state index contributed by atoms with van der Waals surface area (Å²) in [6.45, 7) is 13.5. The molecule has 0 aromatic carbocycles. The molecule has 0 saturated carbocycles. The Morgan fingerprint density at radius 1 is 1.31 bits per heavy atom. The average Bonchev–Trinajstić information content (AvgIpc) is 1.95. The van der Waals surface area contributed by atoms with Gasteiger partial charge in [0.15, 0.2) is 7.85 Å². The molecular formula is C10H17BN2. The van der Waals surface area contributed by atoms with Crippen molar-refractivity contribution in [3.8, 4) is 0 Å². The van der Waals surface area contributed by atoms with Gasteiger partial charge in [-0.05, 0) is 6.08 Å². The van der Waals surface area contributed by atoms with E-state index in [2.05, 4.69) is 44.2 Å². The van der Waals surface area contributed by atoms with E-state index in [1.807, 2.05) is 13.9 Å². The highest BCUT2D eigenvalue weighted by Gasteiger charge is 2.15. The van der Waals surface area contributed by atoms with Crippen molar-refractivity contribution < 1.29 is 0 Å². The van der Waals surface area contributed by atoms with E-state index < -0.39 is 0 Å². The first-order valence-electron chi connectivity index (χ1n) is 4.28. The standard InChI is InChI=1S/C10H17BN2/c1-6-7-9(10(3,4)5)13-12-8(2)11/h6-7H,1-2,11H2,3-5H3/b9-7-,13-12-. The van der Waals surface area contributed by atoms with Crippen LogP contribution < -0.4 is 0 Å². The maximum absolute atomic E-state index is 4.10. The highest BCUT2D eigenvalue weighted by atomic mass is 15.1. The molecule has 70 valence electrons. The molecule has 0 spiro atoms. The molecule has 13 heavy (non-hydrogen) atoms. The molecule has 0 unspecified atom stereocenters. The fourth-order valence-corrected chi connectivity index (χ4v) is 0.684. The van der Waals surface area contributed by atoms with E-state index >= 15 is 0 Å². The van der Waals surface area contributed by atoms with E-state index in [0.717, 1.165) is 5.70 Å². The van der Waals surface area contributed by atoms with Crippen LogP contribution in [0.4, 0.5) is 0 Å². The first-order valence-corrected chi connectivity index (χ1v) is 4.28. The number of nitrogens with zero attached hydrogens (tertiary/aromatic N) is 2. The lowest BCUT2D eigenvalue weighted by Crippen LogP contribution is -2.06. The molecule has 0 aliphatic heterocycles. The van der Waals surface area contributed by atoms with Gasteiger partial charge in [0, 0.05) is 11.0 Å². The Balaban J connectivity index is 4.75. The van der Waals surface area contributed by atoms with Crippen LogP contribution in [-0.4, -0.2) is 7.85 Å². The minimum absolute atomic E-state index is 0.00681. The van der Waals surface area contributed by atoms with Crippen LogP contribution in [-0.2, 0) is 0 Å². The molecule has 0 radical (unpaired) electrons. The van der Waals surface area contributed by atoms with Gasteiger partial charge in [0.1, 0.15) is 0 Å². The summed E-state index contributed by atoms with van der Waals surface area (Å²) < 4.78 is 0. The molecular weight excluding hydrogens is 159 g/mol. The van der Waals surface area contributed by atoms with Gasteiger partial charge in [0.25, 0.3) is 0 Å². The van der Waals surface area contributed by atoms with Crippen molar-refractivity contribution in [1.82, 2.24) is 0 Å². The van der Waals surface area contributed by atoms with Crippen LogP contribution in [0.2, 0.25) is 0 Å². The maximum atomic E-state index is 4.10. The zero-order valence-corrected chi connectivity index (χ0v) is 8.96. The van der Waals surface area contributed by atoms with E-state index in [9.17, 15) is 0 Å². The Bertz CT molecular complexity index is 257. The van der Waals surface area contributed by atoms with E-state index in [1.54, 1.807) is 6.08 Å². The zero-order chi connectivity index (χ0) is 10.5. The minimum Gasteiger partial charge on any atom is -0.167 e. The first kappa shape index (κ1) is 11.9. The van der Waals surface area contributed by atoms with Crippen molar-refractivity contribution in [2.24, 2.45) is 15.6 Å². The SMILES string of the molecule is BC(=C)/N=N\C(=C/C=C)C(C)(C)C. The first-order chi connectivity index (χ1) is 5.88. The van der Waals surface area contributed by atoms with Gasteiger partial charge in [-0.3, -0.25) is 0 Å². The minimum atomic E-state index is -0.00681. The zero-order valence-electron chi connectivity index (χ0n) is 8.96. The molecule has 0 fully saturated rings. The summed E-state index contributed by atoms with van der Waals surface area (Å²) >= 11 is 0. The third-order valence-corrected chi connectivity index (χ3v) is 1.37. The fraction of sp³-hybridized carbons (Fsp3) is 0.400. The van der Waals surface area contributed by atoms with Crippen LogP contribution in [0.1, 0.15) is 20.8 Å². The Morgan fingerprint density at radius 3 is 2.15 bits per heavy atom. The van der Waals surface area contributed by atoms with Crippen LogP contribution in [0, 0.1) is 5.41 Å². The summed E-state index contributed by atoms with van der Waals surface area (Å²) in [5.74, 6) is 0. The third-order valence-electron chi connectivity index (χ3n) is 1.37. The molecule has 0 atom stereocenters. The molecule has 0 heterocycles. The second-order valence-corrected chi connectivity index (χ2v) is 3.97. The lowest BCUT2D eigenvalue weighted by Gasteiger charge is -2.17. The maximum Gasteiger partial charge on any atom is 0.165 e. The van der Waals surface area contributed by atoms with Gasteiger partial charge in [0.05, 0.1) is 5.70 Å². The lowest BCUT2D eigenvalue weighted by atomic mass is 9.92. The summed E-state index contributed by atoms with van der Waals surface area (Å²) in [6, 6.07) is 0. The van der Waals surface area contributed by atoms with Crippen LogP contribution in [0.3, 0.4) is 0 Å². The summed E-state index contributed by atoms with van der Waals surface area (Å²) in [5.41, 5.74) is 1.61. The van der Waals surface area contributed by atoms with Crippen molar-refractivity contribution in [2.75, 3.05) is 0 Å². The average molecular weight is 176 g/mol. The molecule has 0 saturated heterocycles. The second-order valence-electron chi connectivity index (χ2n) is 3.97. The number of hydrogen-bond donors (Lipinski definition) is 0. The highest BCUT2D eigenvalue weighted by molar-refractivity contribution is 6.20. The van der Waals surface area contributed by atoms with Crippen LogP contribution in [0.5, 0.6) is 0 Å². The molecule has 3 heteroatoms. The summed E-state index contributed by atoms with van der Waals surface area (Å²) in [5, 5.41) is 8.02. The summed E-state index contributed by atoms with van der Waals surface area (Å²) in [7, 11) is 1.82. The van der Waals surface area contributed by atoms with E-state index in [-0.39, 0.29) is 5.41 Å². The van der Waals surface area contributed by atoms with Crippen LogP contribution >= 0.6 is 0 Å². The number of allylic oxidation sites excluding steroid dienone is 3. The van der Waals surface area contributed by atoms with Gasteiger partial charge in [-0.1, -0.05) is 40.0 Å². The monoisotopic (exact) mass is 176 g/mol. The van der Waals surface area contributed by atoms with Gasteiger partial charge < -0.3 is 0 Å². The van der Waals surface area contributed by atoms with Crippen molar-refractivity contribution in [3.63, 3.8) is 0 Å². The molecule has 0 amide bonds. The fourth-order valence-electron chi connectivity index (χ4n) is 0.684. The molecule has 0 aliphatic carbocycles. The number of rotatable bonds is 3. The molecule has 0 aliphatic rings. The van der Waals surface area contributed by atoms with Crippen LogP contribution in [0.15, 0.2) is 46.8 Å². The number of hydrogen-bond acceptors (Lipinski definition) is 2. The van der Waals surface area contributed by atoms with Gasteiger partial charge >= 0.3 is 0 Å². The van der Waals surface area contributed by atoms with Crippen molar-refractivity contribution in [1.29, 1.82) is 0 Å². The Labute approximate surface area is 81.6 Å². The van der Waals surface area contributed by atoms with Gasteiger partial charge in [-0.15, -0.1) is 0 Å². The molecule has 0 aromatic rings. The third kappa shape index (κ3) is 5.18. The topological polar surface area (TPSA) is 24.7 Å². The highest BCUT2D eigenvalue weighted by Crippen LogP contribution is 2.26. The Hall–Kier alpha value is -1.12. The van der Waals surface area contributed by atoms with Crippen molar-refractivity contribution in [2.45, 2.75) is 20.8 Å². The molecule has 0 aromatic heterocycles. The Kier molecular flexibility index (Phi) is 4.39. The molecule has 2 nitrogen and oxygen atoms in total. The smallest absolute Gasteiger partial charge is 0.165 e. The van der Waals surface area contributed by atoms with E-state index in [4.69, 9.17) is 0 Å². The van der Waals surface area contributed by atoms with Crippen molar-refractivity contribution >= 4 is 7.85 Å². The van der Waals surface area contributed by atoms with Gasteiger partial charge in [0.2, 0.25) is 0 Å². The predicted octanol–water partition coefficient (Wildman–Crippen LogP) is 2.66. The van der Waals surface area contributed by atoms with Crippen molar-refractivity contribution in [3.05, 3.63) is 36.6 Å². The van der Waals surface area contributed by atoms with Crippen LogP contribution in [0.25, 0.3) is 0 Å². The van der Waals surface area contributed by atoms with E-state index in [1.165, 1.54) is 0 Å². The quantitative estimate of drug-likeness (QED) is 0.358. The van der Waals surface area contributed by atoms with E-state index in [0.29, 0.717) is 5.60 Å². The molecule has 0 N–H and O–H groups in total. The largest absolute Gasteiger partial charge is 0.167 e. The Morgan fingerprint density at radius 2 is 1.85 bits per heavy atom. The summed E-state index contributed by atoms with van der Waals surface area (Å²) in [6.07, 6.45) is 3.59. The second kappa shape index (κ2) is 4.80. The van der Waals surface area contributed by atoms with Gasteiger partial charge in [-0.25, -0.2) is 0 Å².